The summed E-state index contributed by atoms with van der Waals surface area (Å²) in [4.78, 5) is 14.3. The first kappa shape index (κ1) is 25.2. The zero-order valence-corrected chi connectivity index (χ0v) is 19.0. The van der Waals surface area contributed by atoms with Crippen molar-refractivity contribution in [1.29, 1.82) is 0 Å². The van der Waals surface area contributed by atoms with Crippen LogP contribution in [0.1, 0.15) is 116 Å². The molecule has 1 aliphatic rings. The first-order chi connectivity index (χ1) is 13.7. The molecule has 0 aromatic rings. The van der Waals surface area contributed by atoms with Crippen LogP contribution in [0, 0.1) is 0 Å². The molecule has 0 spiro atoms. The maximum Gasteiger partial charge on any atom is 0.219 e. The number of nitrogens with zero attached hydrogens (tertiary/aromatic N) is 1. The maximum atomic E-state index is 11.9. The predicted octanol–water partition coefficient (Wildman–Crippen LogP) is 6.62. The molecule has 3 nitrogen and oxygen atoms in total. The average Bonchev–Trinajstić information content (AvgIpc) is 3.10. The van der Waals surface area contributed by atoms with Crippen molar-refractivity contribution in [1.82, 2.24) is 10.2 Å². The number of hydrogen-bond acceptors (Lipinski definition) is 2. The Balaban J connectivity index is 1.78. The van der Waals surface area contributed by atoms with Gasteiger partial charge in [-0.25, -0.2) is 0 Å². The van der Waals surface area contributed by atoms with Gasteiger partial charge in [0.25, 0.3) is 0 Å². The van der Waals surface area contributed by atoms with Crippen molar-refractivity contribution in [3.05, 3.63) is 12.2 Å². The zero-order chi connectivity index (χ0) is 20.3. The summed E-state index contributed by atoms with van der Waals surface area (Å²) in [5.41, 5.74) is 0. The smallest absolute Gasteiger partial charge is 0.219 e. The zero-order valence-electron chi connectivity index (χ0n) is 19.0. The summed E-state index contributed by atoms with van der Waals surface area (Å²) in [6.07, 6.45) is 26.1. The first-order valence-corrected chi connectivity index (χ1v) is 12.4. The minimum Gasteiger partial charge on any atom is -0.356 e. The van der Waals surface area contributed by atoms with Gasteiger partial charge in [-0.05, 0) is 65.0 Å². The Morgan fingerprint density at radius 1 is 0.929 bits per heavy atom. The average molecular weight is 393 g/mol. The molecule has 1 atom stereocenters. The standard InChI is InChI=1S/C25H48N2O/c1-3-4-5-6-7-8-9-10-11-12-13-14-15-16-17-20-25(28)26-22-21-24-19-18-23-27(24)2/h10-11,24H,3-9,12-23H2,1-2H3,(H,26,28)/b11-10-. The second kappa shape index (κ2) is 18.2. The molecule has 0 aliphatic carbocycles. The number of amides is 1. The number of unbranched alkanes of at least 4 members (excludes halogenated alkanes) is 11. The lowest BCUT2D eigenvalue weighted by atomic mass is 10.1. The fourth-order valence-electron chi connectivity index (χ4n) is 4.17. The van der Waals surface area contributed by atoms with Crippen molar-refractivity contribution in [2.45, 2.75) is 122 Å². The summed E-state index contributed by atoms with van der Waals surface area (Å²) in [6.45, 7) is 4.34. The van der Waals surface area contributed by atoms with Gasteiger partial charge in [-0.1, -0.05) is 70.4 Å². The van der Waals surface area contributed by atoms with E-state index in [1.54, 1.807) is 0 Å². The molecular formula is C25H48N2O. The highest BCUT2D eigenvalue weighted by Crippen LogP contribution is 2.17. The first-order valence-electron chi connectivity index (χ1n) is 12.4. The molecule has 1 amide bonds. The largest absolute Gasteiger partial charge is 0.356 e. The monoisotopic (exact) mass is 392 g/mol. The fraction of sp³-hybridized carbons (Fsp3) is 0.880. The molecule has 1 heterocycles. The lowest BCUT2D eigenvalue weighted by Crippen LogP contribution is -2.31. The van der Waals surface area contributed by atoms with Crippen LogP contribution in [0.4, 0.5) is 0 Å². The summed E-state index contributed by atoms with van der Waals surface area (Å²) in [7, 11) is 2.20. The number of nitrogens with one attached hydrogen (secondary N) is 1. The van der Waals surface area contributed by atoms with Gasteiger partial charge in [-0.2, -0.15) is 0 Å². The fourth-order valence-corrected chi connectivity index (χ4v) is 4.17. The highest BCUT2D eigenvalue weighted by Gasteiger charge is 2.20. The van der Waals surface area contributed by atoms with Crippen LogP contribution in [0.3, 0.4) is 0 Å². The van der Waals surface area contributed by atoms with E-state index in [-0.39, 0.29) is 5.91 Å². The predicted molar refractivity (Wildman–Crippen MR) is 123 cm³/mol. The third-order valence-electron chi connectivity index (χ3n) is 6.14. The molecule has 164 valence electrons. The van der Waals surface area contributed by atoms with Gasteiger partial charge >= 0.3 is 0 Å². The van der Waals surface area contributed by atoms with Crippen LogP contribution >= 0.6 is 0 Å². The number of rotatable bonds is 18. The van der Waals surface area contributed by atoms with Gasteiger partial charge in [0.1, 0.15) is 0 Å². The van der Waals surface area contributed by atoms with E-state index in [0.717, 1.165) is 19.4 Å². The van der Waals surface area contributed by atoms with Gasteiger partial charge < -0.3 is 10.2 Å². The van der Waals surface area contributed by atoms with E-state index in [1.165, 1.54) is 96.4 Å². The van der Waals surface area contributed by atoms with Gasteiger partial charge in [0.05, 0.1) is 0 Å². The van der Waals surface area contributed by atoms with Crippen LogP contribution in [-0.4, -0.2) is 37.0 Å². The van der Waals surface area contributed by atoms with E-state index >= 15 is 0 Å². The van der Waals surface area contributed by atoms with Crippen molar-refractivity contribution in [3.8, 4) is 0 Å². The van der Waals surface area contributed by atoms with E-state index in [4.69, 9.17) is 0 Å². The SMILES string of the molecule is CCCCCCCC/C=C\CCCCCCCC(=O)NCCC1CCCN1C. The third kappa shape index (κ3) is 14.2. The highest BCUT2D eigenvalue weighted by atomic mass is 16.1. The topological polar surface area (TPSA) is 32.3 Å². The molecule has 0 aromatic carbocycles. The molecule has 1 fully saturated rings. The van der Waals surface area contributed by atoms with E-state index < -0.39 is 0 Å². The maximum absolute atomic E-state index is 11.9. The Morgan fingerprint density at radius 2 is 1.54 bits per heavy atom. The number of likely N-dealkylation sites (tertiary alicyclic amines) is 1. The molecule has 0 bridgehead atoms. The van der Waals surface area contributed by atoms with Crippen molar-refractivity contribution in [3.63, 3.8) is 0 Å². The number of allylic oxidation sites excluding steroid dienone is 2. The molecule has 1 N–H and O–H groups in total. The minimum absolute atomic E-state index is 0.248. The second-order valence-electron chi connectivity index (χ2n) is 8.75. The Bertz CT molecular complexity index is 394. The van der Waals surface area contributed by atoms with Crippen LogP contribution in [0.25, 0.3) is 0 Å². The molecule has 0 radical (unpaired) electrons. The Hall–Kier alpha value is -0.830. The van der Waals surface area contributed by atoms with Crippen LogP contribution in [0.15, 0.2) is 12.2 Å². The minimum atomic E-state index is 0.248. The van der Waals surface area contributed by atoms with E-state index in [2.05, 4.69) is 36.3 Å². The Labute approximate surface area is 175 Å². The van der Waals surface area contributed by atoms with Crippen LogP contribution in [-0.2, 0) is 4.79 Å². The molecular weight excluding hydrogens is 344 g/mol. The normalized spacial score (nSPS) is 17.6. The molecule has 0 aromatic heterocycles. The van der Waals surface area contributed by atoms with E-state index in [0.29, 0.717) is 12.5 Å². The van der Waals surface area contributed by atoms with Crippen molar-refractivity contribution in [2.75, 3.05) is 20.1 Å². The molecule has 0 saturated carbocycles. The van der Waals surface area contributed by atoms with Gasteiger partial charge in [-0.3, -0.25) is 4.79 Å². The van der Waals surface area contributed by atoms with E-state index in [9.17, 15) is 4.79 Å². The summed E-state index contributed by atoms with van der Waals surface area (Å²) < 4.78 is 0. The Kier molecular flexibility index (Phi) is 16.4. The highest BCUT2D eigenvalue weighted by molar-refractivity contribution is 5.75. The van der Waals surface area contributed by atoms with Gasteiger partial charge in [0, 0.05) is 19.0 Å². The van der Waals surface area contributed by atoms with Crippen molar-refractivity contribution >= 4 is 5.91 Å². The quantitative estimate of drug-likeness (QED) is 0.210. The molecule has 3 heteroatoms. The number of carbonyl (C=O) groups is 1. The van der Waals surface area contributed by atoms with Crippen molar-refractivity contribution < 1.29 is 4.79 Å². The summed E-state index contributed by atoms with van der Waals surface area (Å²) >= 11 is 0. The second-order valence-corrected chi connectivity index (χ2v) is 8.75. The van der Waals surface area contributed by atoms with E-state index in [1.807, 2.05) is 0 Å². The lowest BCUT2D eigenvalue weighted by molar-refractivity contribution is -0.121. The van der Waals surface area contributed by atoms with Crippen LogP contribution in [0.2, 0.25) is 0 Å². The summed E-state index contributed by atoms with van der Waals surface area (Å²) in [5, 5.41) is 3.10. The van der Waals surface area contributed by atoms with Crippen LogP contribution < -0.4 is 5.32 Å². The lowest BCUT2D eigenvalue weighted by Gasteiger charge is -2.19. The molecule has 1 saturated heterocycles. The van der Waals surface area contributed by atoms with Gasteiger partial charge in [0.2, 0.25) is 5.91 Å². The molecule has 28 heavy (non-hydrogen) atoms. The van der Waals surface area contributed by atoms with Crippen LogP contribution in [0.5, 0.6) is 0 Å². The Morgan fingerprint density at radius 3 is 2.14 bits per heavy atom. The number of carbonyl (C=O) groups excluding carboxylic acids is 1. The van der Waals surface area contributed by atoms with Crippen molar-refractivity contribution in [2.24, 2.45) is 0 Å². The molecule has 1 aliphatic heterocycles. The molecule has 1 unspecified atom stereocenters. The molecule has 1 rings (SSSR count). The summed E-state index contributed by atoms with van der Waals surface area (Å²) in [6, 6.07) is 0.681. The van der Waals surface area contributed by atoms with Gasteiger partial charge in [-0.15, -0.1) is 0 Å². The number of hydrogen-bond donors (Lipinski definition) is 1. The van der Waals surface area contributed by atoms with Gasteiger partial charge in [0.15, 0.2) is 0 Å². The third-order valence-corrected chi connectivity index (χ3v) is 6.14. The summed E-state index contributed by atoms with van der Waals surface area (Å²) in [5.74, 6) is 0.248.